The van der Waals surface area contributed by atoms with Crippen molar-refractivity contribution in [3.63, 3.8) is 0 Å². The standard InChI is InChI=1S/C19H28N6O/c1-4-10-23-11-13-24(14-12-23)18(5-2)19-20-21-22-25(19)15-16-6-8-17(26-3)9-7-16/h4,6-9,18H,1,5,10-15H2,2-3H3/p+2/t18-/m1/s1. The van der Waals surface area contributed by atoms with Gasteiger partial charge in [0.15, 0.2) is 0 Å². The third-order valence-electron chi connectivity index (χ3n) is 5.30. The zero-order chi connectivity index (χ0) is 18.4. The Morgan fingerprint density at radius 2 is 1.96 bits per heavy atom. The highest BCUT2D eigenvalue weighted by atomic mass is 16.5. The topological polar surface area (TPSA) is 61.7 Å². The fourth-order valence-corrected chi connectivity index (χ4v) is 3.81. The number of benzene rings is 1. The van der Waals surface area contributed by atoms with Crippen molar-refractivity contribution in [1.82, 2.24) is 20.2 Å². The molecule has 1 fully saturated rings. The number of ether oxygens (including phenoxy) is 1. The summed E-state index contributed by atoms with van der Waals surface area (Å²) in [6.45, 7) is 12.5. The number of quaternary nitrogens is 2. The first-order chi connectivity index (χ1) is 12.7. The minimum absolute atomic E-state index is 0.341. The Bertz CT molecular complexity index is 690. The molecule has 2 N–H and O–H groups in total. The molecule has 0 spiro atoms. The molecule has 0 radical (unpaired) electrons. The van der Waals surface area contributed by atoms with E-state index in [0.717, 1.165) is 37.6 Å². The van der Waals surface area contributed by atoms with Crippen LogP contribution >= 0.6 is 0 Å². The second kappa shape index (κ2) is 8.91. The lowest BCUT2D eigenvalue weighted by Crippen LogP contribution is -3.28. The van der Waals surface area contributed by atoms with Crippen LogP contribution in [0.5, 0.6) is 5.75 Å². The van der Waals surface area contributed by atoms with E-state index < -0.39 is 0 Å². The second-order valence-corrected chi connectivity index (χ2v) is 6.90. The summed E-state index contributed by atoms with van der Waals surface area (Å²) >= 11 is 0. The Labute approximate surface area is 155 Å². The molecule has 1 aromatic heterocycles. The van der Waals surface area contributed by atoms with E-state index in [0.29, 0.717) is 12.6 Å². The number of nitrogens with one attached hydrogen (secondary N) is 2. The van der Waals surface area contributed by atoms with Crippen LogP contribution in [0.4, 0.5) is 0 Å². The minimum Gasteiger partial charge on any atom is -0.497 e. The van der Waals surface area contributed by atoms with E-state index in [-0.39, 0.29) is 0 Å². The maximum Gasteiger partial charge on any atom is 0.209 e. The van der Waals surface area contributed by atoms with Crippen LogP contribution in [0.25, 0.3) is 0 Å². The zero-order valence-electron chi connectivity index (χ0n) is 15.8. The predicted octanol–water partition coefficient (Wildman–Crippen LogP) is -0.849. The van der Waals surface area contributed by atoms with Gasteiger partial charge in [-0.05, 0) is 34.2 Å². The molecule has 2 heterocycles. The zero-order valence-corrected chi connectivity index (χ0v) is 15.8. The Hall–Kier alpha value is -2.25. The van der Waals surface area contributed by atoms with Gasteiger partial charge in [-0.15, -0.1) is 5.10 Å². The molecule has 1 atom stereocenters. The van der Waals surface area contributed by atoms with Gasteiger partial charge >= 0.3 is 0 Å². The second-order valence-electron chi connectivity index (χ2n) is 6.90. The summed E-state index contributed by atoms with van der Waals surface area (Å²) < 4.78 is 7.18. The van der Waals surface area contributed by atoms with Crippen LogP contribution in [0, 0.1) is 0 Å². The summed E-state index contributed by atoms with van der Waals surface area (Å²) in [5.41, 5.74) is 1.17. The first-order valence-electron chi connectivity index (χ1n) is 9.43. The van der Waals surface area contributed by atoms with Crippen LogP contribution in [0.1, 0.15) is 30.8 Å². The molecule has 0 aliphatic carbocycles. The molecule has 1 saturated heterocycles. The van der Waals surface area contributed by atoms with Crippen LogP contribution in [-0.2, 0) is 6.54 Å². The molecule has 0 amide bonds. The molecule has 3 rings (SSSR count). The van der Waals surface area contributed by atoms with E-state index in [1.54, 1.807) is 16.9 Å². The van der Waals surface area contributed by atoms with Crippen LogP contribution in [0.2, 0.25) is 0 Å². The van der Waals surface area contributed by atoms with E-state index in [1.165, 1.54) is 18.7 Å². The third-order valence-corrected chi connectivity index (χ3v) is 5.30. The van der Waals surface area contributed by atoms with Crippen molar-refractivity contribution in [3.8, 4) is 5.75 Å². The number of aromatic nitrogens is 4. The highest BCUT2D eigenvalue weighted by Gasteiger charge is 2.32. The number of hydrogen-bond donors (Lipinski definition) is 2. The lowest BCUT2D eigenvalue weighted by molar-refractivity contribution is -1.03. The summed E-state index contributed by atoms with van der Waals surface area (Å²) in [5.74, 6) is 1.85. The Balaban J connectivity index is 1.70. The molecule has 140 valence electrons. The van der Waals surface area contributed by atoms with Gasteiger partial charge in [-0.1, -0.05) is 25.6 Å². The van der Waals surface area contributed by atoms with Crippen molar-refractivity contribution in [2.24, 2.45) is 0 Å². The van der Waals surface area contributed by atoms with Crippen molar-refractivity contribution in [1.29, 1.82) is 0 Å². The lowest BCUT2D eigenvalue weighted by Gasteiger charge is -2.33. The van der Waals surface area contributed by atoms with Crippen LogP contribution < -0.4 is 14.5 Å². The molecule has 0 saturated carbocycles. The molecule has 0 bridgehead atoms. The predicted molar refractivity (Wildman–Crippen MR) is 99.4 cm³/mol. The highest BCUT2D eigenvalue weighted by molar-refractivity contribution is 5.27. The monoisotopic (exact) mass is 358 g/mol. The van der Waals surface area contributed by atoms with Crippen molar-refractivity contribution in [2.45, 2.75) is 25.9 Å². The molecule has 26 heavy (non-hydrogen) atoms. The molecular weight excluding hydrogens is 328 g/mol. The average molecular weight is 358 g/mol. The van der Waals surface area contributed by atoms with Crippen molar-refractivity contribution < 1.29 is 14.5 Å². The van der Waals surface area contributed by atoms with Gasteiger partial charge in [-0.2, -0.15) is 0 Å². The summed E-state index contributed by atoms with van der Waals surface area (Å²) in [6.07, 6.45) is 3.06. The maximum absolute atomic E-state index is 5.23. The number of nitrogens with zero attached hydrogens (tertiary/aromatic N) is 4. The van der Waals surface area contributed by atoms with Crippen molar-refractivity contribution in [2.75, 3.05) is 39.8 Å². The number of rotatable bonds is 8. The third kappa shape index (κ3) is 4.28. The maximum atomic E-state index is 5.23. The number of tetrazole rings is 1. The average Bonchev–Trinajstić information content (AvgIpc) is 3.12. The quantitative estimate of drug-likeness (QED) is 0.604. The van der Waals surface area contributed by atoms with Gasteiger partial charge in [0.1, 0.15) is 38.0 Å². The fourth-order valence-electron chi connectivity index (χ4n) is 3.81. The molecule has 1 aromatic carbocycles. The van der Waals surface area contributed by atoms with Crippen LogP contribution in [0.3, 0.4) is 0 Å². The van der Waals surface area contributed by atoms with Crippen molar-refractivity contribution in [3.05, 3.63) is 48.3 Å². The van der Waals surface area contributed by atoms with Gasteiger partial charge < -0.3 is 14.5 Å². The smallest absolute Gasteiger partial charge is 0.209 e. The molecule has 1 aliphatic rings. The van der Waals surface area contributed by atoms with Gasteiger partial charge in [0.2, 0.25) is 5.82 Å². The van der Waals surface area contributed by atoms with Crippen LogP contribution in [-0.4, -0.2) is 60.0 Å². The van der Waals surface area contributed by atoms with E-state index in [4.69, 9.17) is 4.74 Å². The first kappa shape index (κ1) is 18.5. The molecule has 7 heteroatoms. The minimum atomic E-state index is 0.341. The SMILES string of the molecule is C=CC[NH+]1CC[NH+]([C@H](CC)c2nnnn2Cc2ccc(OC)cc2)CC1. The number of methoxy groups -OCH3 is 1. The Morgan fingerprint density at radius 1 is 1.23 bits per heavy atom. The van der Waals surface area contributed by atoms with E-state index in [1.807, 2.05) is 22.9 Å². The highest BCUT2D eigenvalue weighted by Crippen LogP contribution is 2.14. The van der Waals surface area contributed by atoms with E-state index in [2.05, 4.69) is 41.2 Å². The lowest BCUT2D eigenvalue weighted by atomic mass is 10.1. The molecule has 7 nitrogen and oxygen atoms in total. The van der Waals surface area contributed by atoms with Gasteiger partial charge in [0.05, 0.1) is 20.2 Å². The summed E-state index contributed by atoms with van der Waals surface area (Å²) in [5, 5.41) is 12.6. The van der Waals surface area contributed by atoms with Gasteiger partial charge in [-0.25, -0.2) is 4.68 Å². The van der Waals surface area contributed by atoms with Crippen molar-refractivity contribution >= 4 is 0 Å². The molecular formula is C19H30N6O+2. The van der Waals surface area contributed by atoms with Gasteiger partial charge in [0, 0.05) is 6.42 Å². The normalized spacial score (nSPS) is 21.3. The fraction of sp³-hybridized carbons (Fsp3) is 0.526. The van der Waals surface area contributed by atoms with E-state index in [9.17, 15) is 0 Å². The summed E-state index contributed by atoms with van der Waals surface area (Å²) in [4.78, 5) is 3.21. The number of piperazine rings is 1. The van der Waals surface area contributed by atoms with Gasteiger partial charge in [0.25, 0.3) is 0 Å². The summed E-state index contributed by atoms with van der Waals surface area (Å²) in [6, 6.07) is 8.42. The molecule has 0 unspecified atom stereocenters. The summed E-state index contributed by atoms with van der Waals surface area (Å²) in [7, 11) is 1.68. The Morgan fingerprint density at radius 3 is 2.58 bits per heavy atom. The number of hydrogen-bond acceptors (Lipinski definition) is 4. The first-order valence-corrected chi connectivity index (χ1v) is 9.43. The Kier molecular flexibility index (Phi) is 6.35. The molecule has 2 aromatic rings. The largest absolute Gasteiger partial charge is 0.497 e. The van der Waals surface area contributed by atoms with Gasteiger partial charge in [-0.3, -0.25) is 0 Å². The van der Waals surface area contributed by atoms with Crippen LogP contribution in [0.15, 0.2) is 36.9 Å². The molecule has 1 aliphatic heterocycles. The van der Waals surface area contributed by atoms with E-state index >= 15 is 0 Å².